The van der Waals surface area contributed by atoms with Crippen molar-refractivity contribution in [3.05, 3.63) is 29.8 Å². The van der Waals surface area contributed by atoms with Crippen LogP contribution in [0.4, 0.5) is 0 Å². The molecule has 2 aliphatic heterocycles. The van der Waals surface area contributed by atoms with E-state index >= 15 is 0 Å². The molecular weight excluding hydrogens is 364 g/mol. The lowest BCUT2D eigenvalue weighted by Gasteiger charge is -2.36. The van der Waals surface area contributed by atoms with Crippen LogP contribution in [0.3, 0.4) is 0 Å². The van der Waals surface area contributed by atoms with E-state index < -0.39 is 10.0 Å². The molecule has 0 aliphatic carbocycles. The van der Waals surface area contributed by atoms with E-state index in [9.17, 15) is 13.2 Å². The molecule has 2 heterocycles. The number of likely N-dealkylation sites (tertiary alicyclic amines) is 1. The van der Waals surface area contributed by atoms with Gasteiger partial charge in [-0.2, -0.15) is 4.31 Å². The third-order valence-corrected chi connectivity index (χ3v) is 7.16. The van der Waals surface area contributed by atoms with E-state index in [1.54, 1.807) is 4.31 Å². The van der Waals surface area contributed by atoms with E-state index in [1.165, 1.54) is 0 Å². The highest BCUT2D eigenvalue weighted by atomic mass is 32.2. The Morgan fingerprint density at radius 3 is 2.56 bits per heavy atom. The van der Waals surface area contributed by atoms with Crippen LogP contribution in [0, 0.1) is 5.92 Å². The number of ether oxygens (including phenoxy) is 1. The predicted octanol–water partition coefficient (Wildman–Crippen LogP) is 2.29. The normalized spacial score (nSPS) is 22.9. The molecular formula is C20H30N2O4S. The summed E-state index contributed by atoms with van der Waals surface area (Å²) in [6.45, 7) is 6.69. The molecule has 1 aromatic rings. The zero-order valence-corrected chi connectivity index (χ0v) is 17.1. The summed E-state index contributed by atoms with van der Waals surface area (Å²) < 4.78 is 31.6. The van der Waals surface area contributed by atoms with Gasteiger partial charge >= 0.3 is 0 Å². The minimum Gasteiger partial charge on any atom is -0.493 e. The summed E-state index contributed by atoms with van der Waals surface area (Å²) in [5.74, 6) is 1.59. The van der Waals surface area contributed by atoms with Crippen molar-refractivity contribution < 1.29 is 17.9 Å². The Hall–Kier alpha value is -1.60. The predicted molar refractivity (Wildman–Crippen MR) is 105 cm³/mol. The van der Waals surface area contributed by atoms with E-state index in [-0.39, 0.29) is 17.7 Å². The maximum Gasteiger partial charge on any atom is 0.227 e. The van der Waals surface area contributed by atoms with Crippen LogP contribution in [0.2, 0.25) is 0 Å². The van der Waals surface area contributed by atoms with E-state index in [4.69, 9.17) is 4.74 Å². The maximum atomic E-state index is 12.7. The van der Waals surface area contributed by atoms with Crippen LogP contribution in [0.15, 0.2) is 24.3 Å². The van der Waals surface area contributed by atoms with E-state index in [2.05, 4.69) is 13.8 Å². The number of nitrogens with zero attached hydrogens (tertiary/aromatic N) is 2. The molecule has 1 unspecified atom stereocenters. The number of carbonyl (C=O) groups is 1. The molecule has 150 valence electrons. The quantitative estimate of drug-likeness (QED) is 0.742. The molecule has 7 heteroatoms. The SMILES string of the molecule is CC(C)COc1ccc(CC(=O)N2CCCC(N3CCCS3(=O)=O)C2)cc1. The van der Waals surface area contributed by atoms with E-state index in [1.807, 2.05) is 29.2 Å². The minimum absolute atomic E-state index is 0.0622. The van der Waals surface area contributed by atoms with Gasteiger partial charge in [0.25, 0.3) is 0 Å². The van der Waals surface area contributed by atoms with Gasteiger partial charge in [-0.1, -0.05) is 26.0 Å². The summed E-state index contributed by atoms with van der Waals surface area (Å²) in [7, 11) is -3.13. The minimum atomic E-state index is -3.13. The number of hydrogen-bond donors (Lipinski definition) is 0. The fourth-order valence-corrected chi connectivity index (χ4v) is 5.50. The van der Waals surface area contributed by atoms with Gasteiger partial charge in [-0.05, 0) is 42.9 Å². The summed E-state index contributed by atoms with van der Waals surface area (Å²) in [5.41, 5.74) is 0.952. The van der Waals surface area contributed by atoms with Crippen molar-refractivity contribution in [3.8, 4) is 5.75 Å². The monoisotopic (exact) mass is 394 g/mol. The van der Waals surface area contributed by atoms with Crippen LogP contribution in [-0.2, 0) is 21.2 Å². The van der Waals surface area contributed by atoms with Gasteiger partial charge < -0.3 is 9.64 Å². The van der Waals surface area contributed by atoms with Crippen LogP contribution in [-0.4, -0.2) is 61.6 Å². The molecule has 2 fully saturated rings. The summed E-state index contributed by atoms with van der Waals surface area (Å²) in [6, 6.07) is 7.60. The van der Waals surface area contributed by atoms with Crippen molar-refractivity contribution >= 4 is 15.9 Å². The topological polar surface area (TPSA) is 66.9 Å². The Bertz CT molecular complexity index is 746. The molecule has 2 saturated heterocycles. The Morgan fingerprint density at radius 2 is 1.93 bits per heavy atom. The van der Waals surface area contributed by atoms with Crippen LogP contribution in [0.1, 0.15) is 38.7 Å². The van der Waals surface area contributed by atoms with Crippen LogP contribution < -0.4 is 4.74 Å². The zero-order valence-electron chi connectivity index (χ0n) is 16.3. The maximum absolute atomic E-state index is 12.7. The molecule has 0 aromatic heterocycles. The molecule has 6 nitrogen and oxygen atoms in total. The molecule has 0 spiro atoms. The van der Waals surface area contributed by atoms with Crippen molar-refractivity contribution in [2.75, 3.05) is 32.0 Å². The number of amides is 1. The first kappa shape index (κ1) is 20.1. The second kappa shape index (κ2) is 8.61. The highest BCUT2D eigenvalue weighted by Crippen LogP contribution is 2.24. The van der Waals surface area contributed by atoms with E-state index in [0.29, 0.717) is 45.0 Å². The van der Waals surface area contributed by atoms with Crippen molar-refractivity contribution in [2.24, 2.45) is 5.92 Å². The number of hydrogen-bond acceptors (Lipinski definition) is 4. The van der Waals surface area contributed by atoms with Crippen molar-refractivity contribution in [2.45, 2.75) is 45.6 Å². The van der Waals surface area contributed by atoms with Gasteiger partial charge in [-0.3, -0.25) is 4.79 Å². The van der Waals surface area contributed by atoms with Gasteiger partial charge in [0.05, 0.1) is 18.8 Å². The Balaban J connectivity index is 1.56. The fourth-order valence-electron chi connectivity index (χ4n) is 3.74. The van der Waals surface area contributed by atoms with Crippen LogP contribution in [0.5, 0.6) is 5.75 Å². The Labute approximate surface area is 162 Å². The third-order valence-electron chi connectivity index (χ3n) is 5.16. The molecule has 1 amide bonds. The van der Waals surface area contributed by atoms with Crippen molar-refractivity contribution in [3.63, 3.8) is 0 Å². The third kappa shape index (κ3) is 5.23. The van der Waals surface area contributed by atoms with Gasteiger partial charge in [0.2, 0.25) is 15.9 Å². The largest absolute Gasteiger partial charge is 0.493 e. The average molecular weight is 395 g/mol. The van der Waals surface area contributed by atoms with Gasteiger partial charge in [0.15, 0.2) is 0 Å². The lowest BCUT2D eigenvalue weighted by molar-refractivity contribution is -0.132. The number of sulfonamides is 1. The summed E-state index contributed by atoms with van der Waals surface area (Å²) in [6.07, 6.45) is 2.72. The first-order chi connectivity index (χ1) is 12.8. The van der Waals surface area contributed by atoms with Gasteiger partial charge in [-0.25, -0.2) is 8.42 Å². The smallest absolute Gasteiger partial charge is 0.227 e. The molecule has 3 rings (SSSR count). The standard InChI is InChI=1S/C20H30N2O4S/c1-16(2)15-26-19-8-6-17(7-9-19)13-20(23)21-10-3-5-18(14-21)22-11-4-12-27(22,24)25/h6-9,16,18H,3-5,10-15H2,1-2H3. The first-order valence-electron chi connectivity index (χ1n) is 9.84. The highest BCUT2D eigenvalue weighted by Gasteiger charge is 2.37. The molecule has 27 heavy (non-hydrogen) atoms. The molecule has 2 aliphatic rings. The molecule has 0 radical (unpaired) electrons. The summed E-state index contributed by atoms with van der Waals surface area (Å²) in [4.78, 5) is 14.5. The second-order valence-corrected chi connectivity index (χ2v) is 9.98. The molecule has 0 bridgehead atoms. The summed E-state index contributed by atoms with van der Waals surface area (Å²) in [5, 5.41) is 0. The Morgan fingerprint density at radius 1 is 1.19 bits per heavy atom. The van der Waals surface area contributed by atoms with Gasteiger partial charge in [0.1, 0.15) is 5.75 Å². The lowest BCUT2D eigenvalue weighted by atomic mass is 10.0. The first-order valence-corrected chi connectivity index (χ1v) is 11.4. The number of rotatable bonds is 6. The van der Waals surface area contributed by atoms with Crippen LogP contribution in [0.25, 0.3) is 0 Å². The second-order valence-electron chi connectivity index (χ2n) is 7.94. The zero-order chi connectivity index (χ0) is 19.4. The van der Waals surface area contributed by atoms with Gasteiger partial charge in [-0.15, -0.1) is 0 Å². The molecule has 1 atom stereocenters. The number of carbonyl (C=O) groups excluding carboxylic acids is 1. The van der Waals surface area contributed by atoms with Crippen molar-refractivity contribution in [1.29, 1.82) is 0 Å². The molecule has 0 N–H and O–H groups in total. The highest BCUT2D eigenvalue weighted by molar-refractivity contribution is 7.89. The lowest BCUT2D eigenvalue weighted by Crippen LogP contribution is -2.50. The van der Waals surface area contributed by atoms with Crippen molar-refractivity contribution in [1.82, 2.24) is 9.21 Å². The molecule has 1 aromatic carbocycles. The number of benzene rings is 1. The average Bonchev–Trinajstić information content (AvgIpc) is 3.00. The van der Waals surface area contributed by atoms with Gasteiger partial charge in [0, 0.05) is 25.7 Å². The Kier molecular flexibility index (Phi) is 6.42. The van der Waals surface area contributed by atoms with E-state index in [0.717, 1.165) is 24.2 Å². The summed E-state index contributed by atoms with van der Waals surface area (Å²) >= 11 is 0. The molecule has 0 saturated carbocycles. The van der Waals surface area contributed by atoms with Crippen LogP contribution >= 0.6 is 0 Å². The fraction of sp³-hybridized carbons (Fsp3) is 0.650. The number of piperidine rings is 1.